The fraction of sp³-hybridized carbons (Fsp3) is 0.375. The number of aryl methyl sites for hydroxylation is 1. The topological polar surface area (TPSA) is 53.4 Å². The molecule has 1 aromatic carbocycles. The highest BCUT2D eigenvalue weighted by molar-refractivity contribution is 9.10. The lowest BCUT2D eigenvalue weighted by atomic mass is 9.96. The van der Waals surface area contributed by atoms with Gasteiger partial charge in [0.05, 0.1) is 11.4 Å². The maximum atomic E-state index is 11.0. The average molecular weight is 349 g/mol. The van der Waals surface area contributed by atoms with E-state index in [2.05, 4.69) is 44.9 Å². The van der Waals surface area contributed by atoms with E-state index < -0.39 is 5.97 Å². The summed E-state index contributed by atoms with van der Waals surface area (Å²) >= 11 is 3.56. The SMILES string of the molecule is Cc1cc2c(Br)ccnc2cc1N1CCC(C(=O)O)CC1. The van der Waals surface area contributed by atoms with Crippen molar-refractivity contribution < 1.29 is 9.90 Å². The van der Waals surface area contributed by atoms with E-state index in [0.717, 1.165) is 34.2 Å². The van der Waals surface area contributed by atoms with Gasteiger partial charge in [0.2, 0.25) is 0 Å². The number of carboxylic acid groups (broad SMARTS) is 1. The number of anilines is 1. The number of carbonyl (C=O) groups is 1. The van der Waals surface area contributed by atoms with Crippen LogP contribution in [-0.4, -0.2) is 29.1 Å². The van der Waals surface area contributed by atoms with Crippen LogP contribution in [0.2, 0.25) is 0 Å². The first-order chi connectivity index (χ1) is 10.1. The van der Waals surface area contributed by atoms with Crippen LogP contribution in [0.1, 0.15) is 18.4 Å². The minimum absolute atomic E-state index is 0.200. The molecular weight excluding hydrogens is 332 g/mol. The van der Waals surface area contributed by atoms with Crippen molar-refractivity contribution in [3.63, 3.8) is 0 Å². The Bertz CT molecular complexity index is 694. The molecule has 0 unspecified atom stereocenters. The summed E-state index contributed by atoms with van der Waals surface area (Å²) in [5, 5.41) is 10.2. The Morgan fingerprint density at radius 2 is 2.10 bits per heavy atom. The van der Waals surface area contributed by atoms with Gasteiger partial charge < -0.3 is 10.0 Å². The number of pyridine rings is 1. The van der Waals surface area contributed by atoms with Crippen LogP contribution in [0, 0.1) is 12.8 Å². The number of fused-ring (bicyclic) bond motifs is 1. The highest BCUT2D eigenvalue weighted by Gasteiger charge is 2.25. The highest BCUT2D eigenvalue weighted by Crippen LogP contribution is 2.32. The summed E-state index contributed by atoms with van der Waals surface area (Å²) in [6, 6.07) is 6.20. The third-order valence-electron chi connectivity index (χ3n) is 4.19. The number of carboxylic acids is 1. The van der Waals surface area contributed by atoms with Crippen molar-refractivity contribution in [2.45, 2.75) is 19.8 Å². The summed E-state index contributed by atoms with van der Waals surface area (Å²) in [6.45, 7) is 3.67. The molecule has 1 aliphatic rings. The minimum Gasteiger partial charge on any atom is -0.481 e. The maximum absolute atomic E-state index is 11.0. The van der Waals surface area contributed by atoms with Gasteiger partial charge in [-0.2, -0.15) is 0 Å². The molecule has 0 atom stereocenters. The largest absolute Gasteiger partial charge is 0.481 e. The number of hydrogen-bond donors (Lipinski definition) is 1. The lowest BCUT2D eigenvalue weighted by Gasteiger charge is -2.33. The second-order valence-corrected chi connectivity index (χ2v) is 6.40. The molecule has 1 aromatic heterocycles. The van der Waals surface area contributed by atoms with Crippen LogP contribution in [0.3, 0.4) is 0 Å². The van der Waals surface area contributed by atoms with E-state index in [1.165, 1.54) is 5.56 Å². The lowest BCUT2D eigenvalue weighted by molar-refractivity contribution is -0.142. The molecule has 0 bridgehead atoms. The molecule has 1 aliphatic heterocycles. The maximum Gasteiger partial charge on any atom is 0.306 e. The molecule has 0 amide bonds. The normalized spacial score (nSPS) is 16.4. The monoisotopic (exact) mass is 348 g/mol. The van der Waals surface area contributed by atoms with E-state index in [0.29, 0.717) is 12.8 Å². The Kier molecular flexibility index (Phi) is 3.85. The van der Waals surface area contributed by atoms with E-state index in [1.807, 2.05) is 6.07 Å². The molecule has 1 saturated heterocycles. The number of nitrogens with zero attached hydrogens (tertiary/aromatic N) is 2. The van der Waals surface area contributed by atoms with Gasteiger partial charge in [0, 0.05) is 34.8 Å². The average Bonchev–Trinajstić information content (AvgIpc) is 2.48. The van der Waals surface area contributed by atoms with Gasteiger partial charge in [-0.1, -0.05) is 15.9 Å². The number of hydrogen-bond acceptors (Lipinski definition) is 3. The van der Waals surface area contributed by atoms with E-state index in [1.54, 1.807) is 6.20 Å². The molecule has 1 fully saturated rings. The number of aliphatic carboxylic acids is 1. The van der Waals surface area contributed by atoms with Crippen molar-refractivity contribution in [3.05, 3.63) is 34.4 Å². The zero-order chi connectivity index (χ0) is 15.0. The van der Waals surface area contributed by atoms with Crippen LogP contribution in [0.15, 0.2) is 28.9 Å². The van der Waals surface area contributed by atoms with Gasteiger partial charge in [0.25, 0.3) is 0 Å². The Hall–Kier alpha value is -1.62. The number of aromatic nitrogens is 1. The highest BCUT2D eigenvalue weighted by atomic mass is 79.9. The molecule has 0 saturated carbocycles. The van der Waals surface area contributed by atoms with Crippen molar-refractivity contribution in [2.24, 2.45) is 5.92 Å². The minimum atomic E-state index is -0.671. The van der Waals surface area contributed by atoms with Crippen LogP contribution >= 0.6 is 15.9 Å². The van der Waals surface area contributed by atoms with Gasteiger partial charge in [-0.25, -0.2) is 0 Å². The Labute approximate surface area is 131 Å². The van der Waals surface area contributed by atoms with Gasteiger partial charge in [-0.3, -0.25) is 9.78 Å². The molecule has 0 radical (unpaired) electrons. The molecule has 0 aliphatic carbocycles. The predicted molar refractivity (Wildman–Crippen MR) is 86.8 cm³/mol. The van der Waals surface area contributed by atoms with Gasteiger partial charge in [0.1, 0.15) is 0 Å². The zero-order valence-corrected chi connectivity index (χ0v) is 13.4. The second kappa shape index (κ2) is 5.64. The third-order valence-corrected chi connectivity index (χ3v) is 4.88. The molecular formula is C16H17BrN2O2. The molecule has 5 heteroatoms. The zero-order valence-electron chi connectivity index (χ0n) is 11.8. The summed E-state index contributed by atoms with van der Waals surface area (Å²) in [6.07, 6.45) is 3.21. The van der Waals surface area contributed by atoms with Crippen LogP contribution in [-0.2, 0) is 4.79 Å². The van der Waals surface area contributed by atoms with Crippen molar-refractivity contribution in [1.29, 1.82) is 0 Å². The molecule has 2 heterocycles. The number of piperidine rings is 1. The molecule has 4 nitrogen and oxygen atoms in total. The first-order valence-electron chi connectivity index (χ1n) is 7.09. The van der Waals surface area contributed by atoms with Crippen LogP contribution < -0.4 is 4.90 Å². The Morgan fingerprint density at radius 1 is 1.38 bits per heavy atom. The summed E-state index contributed by atoms with van der Waals surface area (Å²) in [4.78, 5) is 17.7. The van der Waals surface area contributed by atoms with E-state index in [4.69, 9.17) is 5.11 Å². The first kappa shape index (κ1) is 14.3. The van der Waals surface area contributed by atoms with E-state index in [9.17, 15) is 4.79 Å². The molecule has 2 aromatic rings. The fourth-order valence-corrected chi connectivity index (χ4v) is 3.40. The fourth-order valence-electron chi connectivity index (χ4n) is 2.96. The van der Waals surface area contributed by atoms with Gasteiger partial charge in [-0.15, -0.1) is 0 Å². The van der Waals surface area contributed by atoms with Crippen LogP contribution in [0.25, 0.3) is 10.9 Å². The van der Waals surface area contributed by atoms with Gasteiger partial charge in [0.15, 0.2) is 0 Å². The number of halogens is 1. The molecule has 3 rings (SSSR count). The van der Waals surface area contributed by atoms with Gasteiger partial charge >= 0.3 is 5.97 Å². The van der Waals surface area contributed by atoms with Crippen molar-refractivity contribution in [2.75, 3.05) is 18.0 Å². The lowest BCUT2D eigenvalue weighted by Crippen LogP contribution is -2.36. The number of rotatable bonds is 2. The predicted octanol–water partition coefficient (Wildman–Crippen LogP) is 3.61. The molecule has 0 spiro atoms. The molecule has 1 N–H and O–H groups in total. The van der Waals surface area contributed by atoms with Crippen molar-refractivity contribution in [1.82, 2.24) is 4.98 Å². The van der Waals surface area contributed by atoms with Crippen molar-refractivity contribution >= 4 is 38.5 Å². The summed E-state index contributed by atoms with van der Waals surface area (Å²) in [7, 11) is 0. The molecule has 21 heavy (non-hydrogen) atoms. The first-order valence-corrected chi connectivity index (χ1v) is 7.88. The quantitative estimate of drug-likeness (QED) is 0.900. The van der Waals surface area contributed by atoms with Crippen molar-refractivity contribution in [3.8, 4) is 0 Å². The summed E-state index contributed by atoms with van der Waals surface area (Å²) in [5.41, 5.74) is 3.33. The smallest absolute Gasteiger partial charge is 0.306 e. The van der Waals surface area contributed by atoms with Crippen LogP contribution in [0.4, 0.5) is 5.69 Å². The standard InChI is InChI=1S/C16H17BrN2O2/c1-10-8-12-13(17)2-5-18-14(12)9-15(10)19-6-3-11(4-7-19)16(20)21/h2,5,8-9,11H,3-4,6-7H2,1H3,(H,20,21). The summed E-state index contributed by atoms with van der Waals surface area (Å²) < 4.78 is 1.05. The van der Waals surface area contributed by atoms with Gasteiger partial charge in [-0.05, 0) is 43.5 Å². The summed E-state index contributed by atoms with van der Waals surface area (Å²) in [5.74, 6) is -0.871. The Morgan fingerprint density at radius 3 is 2.76 bits per heavy atom. The second-order valence-electron chi connectivity index (χ2n) is 5.55. The Balaban J connectivity index is 1.91. The van der Waals surface area contributed by atoms with E-state index >= 15 is 0 Å². The van der Waals surface area contributed by atoms with E-state index in [-0.39, 0.29) is 5.92 Å². The number of benzene rings is 1. The third kappa shape index (κ3) is 2.75. The molecule has 110 valence electrons. The van der Waals surface area contributed by atoms with Crippen LogP contribution in [0.5, 0.6) is 0 Å².